The average Bonchev–Trinajstić information content (AvgIpc) is 3.21. The Morgan fingerprint density at radius 1 is 1.29 bits per heavy atom. The molecule has 4 rings (SSSR count). The minimum Gasteiger partial charge on any atom is -0.464 e. The summed E-state index contributed by atoms with van der Waals surface area (Å²) in [5.41, 5.74) is 1.33. The first-order valence-corrected chi connectivity index (χ1v) is 7.10. The molecule has 0 bridgehead atoms. The molecule has 4 aromatic rings. The second kappa shape index (κ2) is 4.71. The van der Waals surface area contributed by atoms with Crippen LogP contribution in [0, 0.1) is 0 Å². The first kappa shape index (κ1) is 12.1. The molecule has 0 saturated carbocycles. The monoisotopic (exact) mass is 299 g/mol. The number of rotatable bonds is 3. The van der Waals surface area contributed by atoms with Crippen LogP contribution < -0.4 is 5.56 Å². The summed E-state index contributed by atoms with van der Waals surface area (Å²) in [6, 6.07) is 5.34. The molecule has 0 N–H and O–H groups in total. The lowest BCUT2D eigenvalue weighted by Crippen LogP contribution is -2.21. The summed E-state index contributed by atoms with van der Waals surface area (Å²) in [4.78, 5) is 17.7. The zero-order valence-corrected chi connectivity index (χ0v) is 11.5. The van der Waals surface area contributed by atoms with E-state index in [2.05, 4.69) is 10.1 Å². The Hall–Kier alpha value is -2.67. The number of fused-ring (bicyclic) bond motifs is 1. The number of hydrogen-bond acceptors (Lipinski definition) is 6. The Morgan fingerprint density at radius 3 is 3.00 bits per heavy atom. The SMILES string of the molecule is O=c1c2c(-c3ccco3)csc2ncn1Cc1ccon1. The maximum atomic E-state index is 12.7. The summed E-state index contributed by atoms with van der Waals surface area (Å²) in [5.74, 6) is 0.666. The fourth-order valence-corrected chi connectivity index (χ4v) is 3.07. The van der Waals surface area contributed by atoms with E-state index in [4.69, 9.17) is 8.94 Å². The molecule has 0 aliphatic heterocycles. The second-order valence-corrected chi connectivity index (χ2v) is 5.33. The van der Waals surface area contributed by atoms with Crippen LogP contribution in [-0.4, -0.2) is 14.7 Å². The van der Waals surface area contributed by atoms with Crippen molar-refractivity contribution in [2.45, 2.75) is 6.54 Å². The third kappa shape index (κ3) is 1.98. The van der Waals surface area contributed by atoms with Crippen LogP contribution in [0.25, 0.3) is 21.5 Å². The Bertz CT molecular complexity index is 936. The maximum absolute atomic E-state index is 12.7. The van der Waals surface area contributed by atoms with Crippen LogP contribution in [-0.2, 0) is 6.54 Å². The van der Waals surface area contributed by atoms with Gasteiger partial charge >= 0.3 is 0 Å². The van der Waals surface area contributed by atoms with Gasteiger partial charge in [-0.1, -0.05) is 5.16 Å². The highest BCUT2D eigenvalue weighted by Gasteiger charge is 2.15. The van der Waals surface area contributed by atoms with Crippen LogP contribution >= 0.6 is 11.3 Å². The first-order chi connectivity index (χ1) is 10.3. The minimum absolute atomic E-state index is 0.115. The highest BCUT2D eigenvalue weighted by molar-refractivity contribution is 7.17. The van der Waals surface area contributed by atoms with Gasteiger partial charge in [-0.2, -0.15) is 0 Å². The fraction of sp³-hybridized carbons (Fsp3) is 0.0714. The van der Waals surface area contributed by atoms with E-state index in [1.54, 1.807) is 18.4 Å². The van der Waals surface area contributed by atoms with E-state index in [0.29, 0.717) is 28.2 Å². The molecule has 0 spiro atoms. The molecule has 0 atom stereocenters. The molecule has 0 aliphatic rings. The summed E-state index contributed by atoms with van der Waals surface area (Å²) >= 11 is 1.42. The van der Waals surface area contributed by atoms with Crippen molar-refractivity contribution in [2.75, 3.05) is 0 Å². The van der Waals surface area contributed by atoms with Gasteiger partial charge in [0, 0.05) is 17.0 Å². The molecule has 0 radical (unpaired) electrons. The Labute approximate surface area is 122 Å². The molecule has 104 valence electrons. The van der Waals surface area contributed by atoms with Gasteiger partial charge in [-0.15, -0.1) is 11.3 Å². The van der Waals surface area contributed by atoms with Crippen LogP contribution in [0.1, 0.15) is 5.69 Å². The lowest BCUT2D eigenvalue weighted by atomic mass is 10.2. The van der Waals surface area contributed by atoms with E-state index < -0.39 is 0 Å². The molecule has 0 aliphatic carbocycles. The van der Waals surface area contributed by atoms with Crippen LogP contribution in [0.2, 0.25) is 0 Å². The van der Waals surface area contributed by atoms with Gasteiger partial charge < -0.3 is 8.94 Å². The standard InChI is InChI=1S/C14H9N3O3S/c18-14-12-10(11-2-1-4-19-11)7-21-13(12)15-8-17(14)6-9-3-5-20-16-9/h1-5,7-8H,6H2. The molecule has 0 aromatic carbocycles. The zero-order valence-electron chi connectivity index (χ0n) is 10.7. The van der Waals surface area contributed by atoms with E-state index in [9.17, 15) is 4.79 Å². The topological polar surface area (TPSA) is 74.1 Å². The largest absolute Gasteiger partial charge is 0.464 e. The number of nitrogens with zero attached hydrogens (tertiary/aromatic N) is 3. The normalized spacial score (nSPS) is 11.2. The Morgan fingerprint density at radius 2 is 2.24 bits per heavy atom. The van der Waals surface area contributed by atoms with Crippen molar-refractivity contribution in [1.82, 2.24) is 14.7 Å². The van der Waals surface area contributed by atoms with E-state index in [0.717, 1.165) is 5.56 Å². The van der Waals surface area contributed by atoms with Gasteiger partial charge in [0.05, 0.1) is 24.5 Å². The molecular weight excluding hydrogens is 290 g/mol. The molecule has 0 unspecified atom stereocenters. The quantitative estimate of drug-likeness (QED) is 0.581. The number of hydrogen-bond donors (Lipinski definition) is 0. The van der Waals surface area contributed by atoms with Crippen LogP contribution in [0.3, 0.4) is 0 Å². The molecule has 4 heterocycles. The molecule has 0 fully saturated rings. The highest BCUT2D eigenvalue weighted by Crippen LogP contribution is 2.30. The third-order valence-corrected chi connectivity index (χ3v) is 4.06. The van der Waals surface area contributed by atoms with Gasteiger partial charge in [0.15, 0.2) is 0 Å². The van der Waals surface area contributed by atoms with Gasteiger partial charge in [0.25, 0.3) is 5.56 Å². The predicted molar refractivity (Wildman–Crippen MR) is 77.2 cm³/mol. The number of aromatic nitrogens is 3. The van der Waals surface area contributed by atoms with Crippen molar-refractivity contribution in [3.8, 4) is 11.3 Å². The molecule has 7 heteroatoms. The maximum Gasteiger partial charge on any atom is 0.263 e. The summed E-state index contributed by atoms with van der Waals surface area (Å²) in [6.45, 7) is 0.325. The van der Waals surface area contributed by atoms with E-state index >= 15 is 0 Å². The molecule has 4 aromatic heterocycles. The van der Waals surface area contributed by atoms with Crippen molar-refractivity contribution >= 4 is 21.6 Å². The molecule has 6 nitrogen and oxygen atoms in total. The molecular formula is C14H9N3O3S. The average molecular weight is 299 g/mol. The lowest BCUT2D eigenvalue weighted by molar-refractivity contribution is 0.409. The molecule has 0 saturated heterocycles. The lowest BCUT2D eigenvalue weighted by Gasteiger charge is -2.02. The Balaban J connectivity index is 1.89. The number of thiophene rings is 1. The smallest absolute Gasteiger partial charge is 0.263 e. The highest BCUT2D eigenvalue weighted by atomic mass is 32.1. The van der Waals surface area contributed by atoms with Crippen molar-refractivity contribution in [2.24, 2.45) is 0 Å². The van der Waals surface area contributed by atoms with Crippen LogP contribution in [0.15, 0.2) is 56.2 Å². The summed E-state index contributed by atoms with van der Waals surface area (Å²) in [5, 5.41) is 6.27. The van der Waals surface area contributed by atoms with E-state index in [1.807, 2.05) is 11.4 Å². The third-order valence-electron chi connectivity index (χ3n) is 3.17. The minimum atomic E-state index is -0.115. The first-order valence-electron chi connectivity index (χ1n) is 6.23. The molecule has 21 heavy (non-hydrogen) atoms. The van der Waals surface area contributed by atoms with E-state index in [1.165, 1.54) is 28.5 Å². The van der Waals surface area contributed by atoms with Gasteiger partial charge in [-0.05, 0) is 12.1 Å². The van der Waals surface area contributed by atoms with Gasteiger partial charge in [0.1, 0.15) is 22.5 Å². The van der Waals surface area contributed by atoms with Gasteiger partial charge in [-0.3, -0.25) is 9.36 Å². The zero-order chi connectivity index (χ0) is 14.2. The van der Waals surface area contributed by atoms with E-state index in [-0.39, 0.29) is 5.56 Å². The number of furan rings is 1. The summed E-state index contributed by atoms with van der Waals surface area (Å²) < 4.78 is 11.7. The second-order valence-electron chi connectivity index (χ2n) is 4.48. The van der Waals surface area contributed by atoms with Gasteiger partial charge in [0.2, 0.25) is 0 Å². The predicted octanol–water partition coefficient (Wildman–Crippen LogP) is 2.75. The van der Waals surface area contributed by atoms with Crippen molar-refractivity contribution in [3.05, 3.63) is 58.5 Å². The molecule has 0 amide bonds. The van der Waals surface area contributed by atoms with Crippen molar-refractivity contribution in [3.63, 3.8) is 0 Å². The summed E-state index contributed by atoms with van der Waals surface area (Å²) in [7, 11) is 0. The van der Waals surface area contributed by atoms with Crippen molar-refractivity contribution < 1.29 is 8.94 Å². The fourth-order valence-electron chi connectivity index (χ4n) is 2.19. The Kier molecular flexibility index (Phi) is 2.71. The van der Waals surface area contributed by atoms with Crippen LogP contribution in [0.5, 0.6) is 0 Å². The van der Waals surface area contributed by atoms with Gasteiger partial charge in [-0.25, -0.2) is 4.98 Å². The van der Waals surface area contributed by atoms with Crippen LogP contribution in [0.4, 0.5) is 0 Å². The van der Waals surface area contributed by atoms with Crippen molar-refractivity contribution in [1.29, 1.82) is 0 Å². The summed E-state index contributed by atoms with van der Waals surface area (Å²) in [6.07, 6.45) is 4.59.